The van der Waals surface area contributed by atoms with Crippen LogP contribution in [0.1, 0.15) is 16.7 Å². The molecule has 0 unspecified atom stereocenters. The molecular formula is C22H25N5O2. The molecule has 0 spiro atoms. The van der Waals surface area contributed by atoms with Gasteiger partial charge in [-0.2, -0.15) is 0 Å². The molecule has 7 heteroatoms. The number of carbonyl (C=O) groups is 1. The van der Waals surface area contributed by atoms with Gasteiger partial charge >= 0.3 is 0 Å². The minimum absolute atomic E-state index is 0.239. The van der Waals surface area contributed by atoms with E-state index in [1.807, 2.05) is 18.2 Å². The number of nitrogens with one attached hydrogen (secondary N) is 2. The lowest BCUT2D eigenvalue weighted by molar-refractivity contribution is -0.111. The highest BCUT2D eigenvalue weighted by Gasteiger charge is 2.11. The van der Waals surface area contributed by atoms with Gasteiger partial charge in [-0.15, -0.1) is 0 Å². The molecule has 4 N–H and O–H groups in total. The second kappa shape index (κ2) is 10.3. The molecule has 1 aromatic heterocycles. The van der Waals surface area contributed by atoms with E-state index in [0.29, 0.717) is 11.1 Å². The van der Waals surface area contributed by atoms with Crippen molar-refractivity contribution in [3.63, 3.8) is 0 Å². The van der Waals surface area contributed by atoms with Crippen molar-refractivity contribution in [2.45, 2.75) is 6.54 Å². The SMILES string of the molecule is N=C/C(=C\N)c1ccncc1/C=C/C(=O)Nc1cccc(CN2CCOCC2)c1. The van der Waals surface area contributed by atoms with Crippen LogP contribution in [-0.4, -0.2) is 48.3 Å². The van der Waals surface area contributed by atoms with Crippen LogP contribution < -0.4 is 11.1 Å². The van der Waals surface area contributed by atoms with E-state index in [1.54, 1.807) is 24.5 Å². The van der Waals surface area contributed by atoms with Gasteiger partial charge in [0.05, 0.1) is 13.2 Å². The van der Waals surface area contributed by atoms with Crippen molar-refractivity contribution in [3.8, 4) is 0 Å². The number of rotatable bonds is 7. The van der Waals surface area contributed by atoms with Gasteiger partial charge in [0.15, 0.2) is 0 Å². The van der Waals surface area contributed by atoms with Gasteiger partial charge in [0.25, 0.3) is 0 Å². The maximum absolute atomic E-state index is 12.4. The van der Waals surface area contributed by atoms with Crippen molar-refractivity contribution in [2.24, 2.45) is 5.73 Å². The first-order chi connectivity index (χ1) is 14.2. The van der Waals surface area contributed by atoms with E-state index in [9.17, 15) is 4.79 Å². The largest absolute Gasteiger partial charge is 0.404 e. The van der Waals surface area contributed by atoms with Crippen molar-refractivity contribution in [1.82, 2.24) is 9.88 Å². The summed E-state index contributed by atoms with van der Waals surface area (Å²) in [6, 6.07) is 9.61. The summed E-state index contributed by atoms with van der Waals surface area (Å²) in [5, 5.41) is 10.4. The van der Waals surface area contributed by atoms with Crippen LogP contribution in [0, 0.1) is 5.41 Å². The number of pyridine rings is 1. The lowest BCUT2D eigenvalue weighted by atomic mass is 10.0. The fraction of sp³-hybridized carbons (Fsp3) is 0.227. The molecule has 0 atom stereocenters. The molecule has 0 radical (unpaired) electrons. The third-order valence-corrected chi connectivity index (χ3v) is 4.62. The average Bonchev–Trinajstić information content (AvgIpc) is 2.75. The average molecular weight is 391 g/mol. The highest BCUT2D eigenvalue weighted by atomic mass is 16.5. The molecule has 1 amide bonds. The number of benzene rings is 1. The molecule has 1 fully saturated rings. The van der Waals surface area contributed by atoms with Crippen molar-refractivity contribution < 1.29 is 9.53 Å². The van der Waals surface area contributed by atoms with Crippen LogP contribution in [-0.2, 0) is 16.1 Å². The summed E-state index contributed by atoms with van der Waals surface area (Å²) in [5.74, 6) is -0.239. The van der Waals surface area contributed by atoms with Gasteiger partial charge < -0.3 is 21.2 Å². The number of carbonyl (C=O) groups excluding carboxylic acids is 1. The fourth-order valence-electron chi connectivity index (χ4n) is 3.13. The third kappa shape index (κ3) is 5.84. The summed E-state index contributed by atoms with van der Waals surface area (Å²) in [4.78, 5) is 18.8. The quantitative estimate of drug-likeness (QED) is 0.497. The van der Waals surface area contributed by atoms with Gasteiger partial charge in [0, 0.05) is 67.3 Å². The molecule has 0 saturated carbocycles. The van der Waals surface area contributed by atoms with E-state index in [1.165, 1.54) is 18.5 Å². The number of nitrogens with zero attached hydrogens (tertiary/aromatic N) is 2. The van der Waals surface area contributed by atoms with Gasteiger partial charge in [-0.05, 0) is 35.4 Å². The summed E-state index contributed by atoms with van der Waals surface area (Å²) in [5.41, 5.74) is 9.49. The zero-order valence-corrected chi connectivity index (χ0v) is 16.2. The Labute approximate surface area is 170 Å². The van der Waals surface area contributed by atoms with E-state index in [-0.39, 0.29) is 5.91 Å². The Morgan fingerprint density at radius 3 is 2.90 bits per heavy atom. The Balaban J connectivity index is 1.65. The van der Waals surface area contributed by atoms with Crippen LogP contribution in [0.25, 0.3) is 11.6 Å². The zero-order valence-electron chi connectivity index (χ0n) is 16.2. The van der Waals surface area contributed by atoms with Gasteiger partial charge in [-0.25, -0.2) is 0 Å². The topological polar surface area (TPSA) is 104 Å². The standard InChI is InChI=1S/C22H25N5O2/c23-13-19(14-24)21-6-7-25-15-18(21)4-5-22(28)26-20-3-1-2-17(12-20)16-27-8-10-29-11-9-27/h1-7,12-15,23H,8-11,16,24H2,(H,26,28)/b5-4+,19-14+,23-13?. The molecule has 7 nitrogen and oxygen atoms in total. The number of morpholine rings is 1. The first-order valence-corrected chi connectivity index (χ1v) is 9.44. The van der Waals surface area contributed by atoms with E-state index < -0.39 is 0 Å². The third-order valence-electron chi connectivity index (χ3n) is 4.62. The summed E-state index contributed by atoms with van der Waals surface area (Å²) >= 11 is 0. The number of nitrogens with two attached hydrogens (primary N) is 1. The molecule has 1 aliphatic heterocycles. The molecule has 1 aromatic carbocycles. The number of hydrogen-bond acceptors (Lipinski definition) is 6. The maximum atomic E-state index is 12.4. The van der Waals surface area contributed by atoms with Crippen LogP contribution in [0.3, 0.4) is 0 Å². The van der Waals surface area contributed by atoms with E-state index >= 15 is 0 Å². The maximum Gasteiger partial charge on any atom is 0.248 e. The lowest BCUT2D eigenvalue weighted by Crippen LogP contribution is -2.35. The predicted molar refractivity (Wildman–Crippen MR) is 115 cm³/mol. The number of allylic oxidation sites excluding steroid dienone is 1. The van der Waals surface area contributed by atoms with Crippen molar-refractivity contribution in [2.75, 3.05) is 31.6 Å². The first kappa shape index (κ1) is 20.4. The molecule has 29 heavy (non-hydrogen) atoms. The highest BCUT2D eigenvalue weighted by molar-refractivity contribution is 6.10. The van der Waals surface area contributed by atoms with Crippen molar-refractivity contribution in [1.29, 1.82) is 5.41 Å². The van der Waals surface area contributed by atoms with Crippen molar-refractivity contribution in [3.05, 3.63) is 71.7 Å². The molecule has 2 heterocycles. The van der Waals surface area contributed by atoms with Crippen LogP contribution in [0.2, 0.25) is 0 Å². The molecular weight excluding hydrogens is 366 g/mol. The van der Waals surface area contributed by atoms with Gasteiger partial charge in [-0.3, -0.25) is 14.7 Å². The highest BCUT2D eigenvalue weighted by Crippen LogP contribution is 2.18. The number of amides is 1. The van der Waals surface area contributed by atoms with Gasteiger partial charge in [0.1, 0.15) is 0 Å². The number of aromatic nitrogens is 1. The normalized spacial score (nSPS) is 15.4. The minimum Gasteiger partial charge on any atom is -0.404 e. The molecule has 1 aliphatic rings. The minimum atomic E-state index is -0.239. The van der Waals surface area contributed by atoms with Gasteiger partial charge in [0.2, 0.25) is 5.91 Å². The lowest BCUT2D eigenvalue weighted by Gasteiger charge is -2.26. The smallest absolute Gasteiger partial charge is 0.248 e. The Morgan fingerprint density at radius 2 is 2.14 bits per heavy atom. The number of anilines is 1. The van der Waals surface area contributed by atoms with Crippen LogP contribution in [0.5, 0.6) is 0 Å². The first-order valence-electron chi connectivity index (χ1n) is 9.44. The van der Waals surface area contributed by atoms with E-state index in [4.69, 9.17) is 15.9 Å². The summed E-state index contributed by atoms with van der Waals surface area (Å²) in [7, 11) is 0. The van der Waals surface area contributed by atoms with Crippen LogP contribution in [0.15, 0.2) is 55.0 Å². The van der Waals surface area contributed by atoms with E-state index in [2.05, 4.69) is 21.3 Å². The molecule has 0 bridgehead atoms. The predicted octanol–water partition coefficient (Wildman–Crippen LogP) is 2.51. The van der Waals surface area contributed by atoms with Crippen LogP contribution >= 0.6 is 0 Å². The second-order valence-corrected chi connectivity index (χ2v) is 6.64. The summed E-state index contributed by atoms with van der Waals surface area (Å²) < 4.78 is 5.38. The van der Waals surface area contributed by atoms with Crippen molar-refractivity contribution >= 4 is 29.5 Å². The molecule has 1 saturated heterocycles. The second-order valence-electron chi connectivity index (χ2n) is 6.64. The fourth-order valence-corrected chi connectivity index (χ4v) is 3.13. The van der Waals surface area contributed by atoms with Gasteiger partial charge in [-0.1, -0.05) is 12.1 Å². The summed E-state index contributed by atoms with van der Waals surface area (Å²) in [6.45, 7) is 4.19. The summed E-state index contributed by atoms with van der Waals surface area (Å²) in [6.07, 6.45) is 8.91. The molecule has 2 aromatic rings. The zero-order chi connectivity index (χ0) is 20.5. The molecule has 3 rings (SSSR count). The number of hydrogen-bond donors (Lipinski definition) is 3. The Kier molecular flexibility index (Phi) is 7.27. The monoisotopic (exact) mass is 391 g/mol. The molecule has 150 valence electrons. The Bertz CT molecular complexity index is 917. The van der Waals surface area contributed by atoms with Crippen LogP contribution in [0.4, 0.5) is 5.69 Å². The molecule has 0 aliphatic carbocycles. The Hall–Kier alpha value is -3.29. The van der Waals surface area contributed by atoms with E-state index in [0.717, 1.165) is 49.7 Å². The Morgan fingerprint density at radius 1 is 1.31 bits per heavy atom. The number of ether oxygens (including phenoxy) is 1.